The summed E-state index contributed by atoms with van der Waals surface area (Å²) in [6, 6.07) is 4.94. The molecule has 2 rings (SSSR count). The van der Waals surface area contributed by atoms with Gasteiger partial charge in [-0.3, -0.25) is 10.1 Å². The third-order valence-corrected chi connectivity index (χ3v) is 3.06. The molecule has 0 radical (unpaired) electrons. The summed E-state index contributed by atoms with van der Waals surface area (Å²) < 4.78 is 2.24. The molecule has 0 aliphatic carbocycles. The first kappa shape index (κ1) is 13.6. The largest absolute Gasteiger partial charge is 0.330 e. The van der Waals surface area contributed by atoms with Crippen LogP contribution in [0, 0.1) is 10.1 Å². The second-order valence-corrected chi connectivity index (χ2v) is 4.89. The lowest BCUT2D eigenvalue weighted by atomic mass is 10.2. The summed E-state index contributed by atoms with van der Waals surface area (Å²) in [4.78, 5) is 10.6. The minimum atomic E-state index is -0.405. The minimum absolute atomic E-state index is 0.0604. The van der Waals surface area contributed by atoms with Crippen LogP contribution in [0.4, 0.5) is 5.69 Å². The summed E-state index contributed by atoms with van der Waals surface area (Å²) in [5.41, 5.74) is 6.85. The maximum Gasteiger partial charge on any atom is 0.275 e. The highest BCUT2D eigenvalue weighted by atomic mass is 79.9. The Morgan fingerprint density at radius 3 is 2.95 bits per heavy atom. The number of hydrogen-bond donors (Lipinski definition) is 1. The molecule has 0 saturated heterocycles. The molecule has 2 aromatic rings. The van der Waals surface area contributed by atoms with E-state index in [9.17, 15) is 10.1 Å². The van der Waals surface area contributed by atoms with Crippen molar-refractivity contribution in [2.24, 2.45) is 5.73 Å². The van der Waals surface area contributed by atoms with Gasteiger partial charge < -0.3 is 5.73 Å². The predicted octanol–water partition coefficient (Wildman–Crippen LogP) is 1.50. The first-order valence-electron chi connectivity index (χ1n) is 5.62. The van der Waals surface area contributed by atoms with Gasteiger partial charge in [0.25, 0.3) is 5.69 Å². The molecule has 0 fully saturated rings. The number of rotatable bonds is 5. The molecular formula is C11H12BrN5O2. The number of halogens is 1. The van der Waals surface area contributed by atoms with E-state index in [-0.39, 0.29) is 5.69 Å². The monoisotopic (exact) mass is 325 g/mol. The Kier molecular flexibility index (Phi) is 4.23. The molecule has 8 heteroatoms. The van der Waals surface area contributed by atoms with Gasteiger partial charge in [-0.1, -0.05) is 21.1 Å². The lowest BCUT2D eigenvalue weighted by Crippen LogP contribution is -2.04. The Morgan fingerprint density at radius 1 is 1.47 bits per heavy atom. The number of hydrogen-bond acceptors (Lipinski definition) is 5. The van der Waals surface area contributed by atoms with E-state index < -0.39 is 4.92 Å². The zero-order valence-electron chi connectivity index (χ0n) is 9.99. The predicted molar refractivity (Wildman–Crippen MR) is 72.7 cm³/mol. The summed E-state index contributed by atoms with van der Waals surface area (Å²) in [5, 5.41) is 18.9. The number of nitrogens with two attached hydrogens (primary N) is 1. The molecule has 1 aromatic heterocycles. The van der Waals surface area contributed by atoms with Crippen molar-refractivity contribution in [3.63, 3.8) is 0 Å². The maximum absolute atomic E-state index is 11.0. The van der Waals surface area contributed by atoms with Crippen LogP contribution in [0.3, 0.4) is 0 Å². The van der Waals surface area contributed by atoms with Crippen LogP contribution in [-0.2, 0) is 13.0 Å². The van der Waals surface area contributed by atoms with E-state index in [1.54, 1.807) is 23.0 Å². The molecular weight excluding hydrogens is 314 g/mol. The second kappa shape index (κ2) is 5.89. The molecule has 1 heterocycles. The lowest BCUT2D eigenvalue weighted by Gasteiger charge is -2.03. The van der Waals surface area contributed by atoms with Crippen LogP contribution in [0.5, 0.6) is 0 Å². The highest BCUT2D eigenvalue weighted by Gasteiger charge is 2.15. The Morgan fingerprint density at radius 2 is 2.26 bits per heavy atom. The topological polar surface area (TPSA) is 99.9 Å². The Hall–Kier alpha value is -1.80. The molecule has 0 atom stereocenters. The van der Waals surface area contributed by atoms with Gasteiger partial charge >= 0.3 is 0 Å². The van der Waals surface area contributed by atoms with E-state index in [4.69, 9.17) is 5.73 Å². The van der Waals surface area contributed by atoms with E-state index in [0.717, 1.165) is 5.69 Å². The fourth-order valence-corrected chi connectivity index (χ4v) is 2.04. The number of benzene rings is 1. The molecule has 0 spiro atoms. The first-order valence-corrected chi connectivity index (χ1v) is 6.41. The summed E-state index contributed by atoms with van der Waals surface area (Å²) in [7, 11) is 0. The molecule has 2 N–H and O–H groups in total. The number of nitro benzene ring substituents is 1. The molecule has 7 nitrogen and oxygen atoms in total. The Labute approximate surface area is 117 Å². The van der Waals surface area contributed by atoms with Crippen molar-refractivity contribution in [2.75, 3.05) is 6.54 Å². The highest BCUT2D eigenvalue weighted by molar-refractivity contribution is 9.10. The van der Waals surface area contributed by atoms with Crippen LogP contribution >= 0.6 is 15.9 Å². The summed E-state index contributed by atoms with van der Waals surface area (Å²) in [6.45, 7) is 0.804. The van der Waals surface area contributed by atoms with Crippen molar-refractivity contribution >= 4 is 21.6 Å². The highest BCUT2D eigenvalue weighted by Crippen LogP contribution is 2.24. The average molecular weight is 326 g/mol. The normalized spacial score (nSPS) is 10.6. The number of aromatic nitrogens is 3. The van der Waals surface area contributed by atoms with Gasteiger partial charge in [0, 0.05) is 23.2 Å². The number of nitrogens with zero attached hydrogens (tertiary/aromatic N) is 4. The van der Waals surface area contributed by atoms with Gasteiger partial charge in [0.15, 0.2) is 0 Å². The molecule has 19 heavy (non-hydrogen) atoms. The molecule has 100 valence electrons. The SMILES string of the molecule is NCCc1cn(Cc2ccc(Br)cc2[N+](=O)[O-])nn1. The molecule has 0 saturated carbocycles. The van der Waals surface area contributed by atoms with Crippen molar-refractivity contribution in [2.45, 2.75) is 13.0 Å². The van der Waals surface area contributed by atoms with Crippen molar-refractivity contribution in [1.82, 2.24) is 15.0 Å². The Bertz CT molecular complexity index is 599. The number of nitro groups is 1. The average Bonchev–Trinajstić information content (AvgIpc) is 2.79. The third-order valence-electron chi connectivity index (χ3n) is 2.56. The van der Waals surface area contributed by atoms with Gasteiger partial charge in [-0.05, 0) is 18.7 Å². The molecule has 0 bridgehead atoms. The fourth-order valence-electron chi connectivity index (χ4n) is 1.69. The van der Waals surface area contributed by atoms with Crippen LogP contribution in [0.25, 0.3) is 0 Å². The van der Waals surface area contributed by atoms with Gasteiger partial charge in [-0.15, -0.1) is 5.10 Å². The van der Waals surface area contributed by atoms with Crippen molar-refractivity contribution in [1.29, 1.82) is 0 Å². The van der Waals surface area contributed by atoms with Crippen LogP contribution < -0.4 is 5.73 Å². The summed E-state index contributed by atoms with van der Waals surface area (Å²) in [6.07, 6.45) is 2.39. The van der Waals surface area contributed by atoms with Crippen molar-refractivity contribution < 1.29 is 4.92 Å². The van der Waals surface area contributed by atoms with Crippen LogP contribution in [0.1, 0.15) is 11.3 Å². The quantitative estimate of drug-likeness (QED) is 0.663. The van der Waals surface area contributed by atoms with Gasteiger partial charge in [0.2, 0.25) is 0 Å². The van der Waals surface area contributed by atoms with E-state index >= 15 is 0 Å². The maximum atomic E-state index is 11.0. The van der Waals surface area contributed by atoms with E-state index in [0.29, 0.717) is 29.5 Å². The smallest absolute Gasteiger partial charge is 0.275 e. The molecule has 0 aliphatic rings. The lowest BCUT2D eigenvalue weighted by molar-refractivity contribution is -0.385. The van der Waals surface area contributed by atoms with E-state index in [1.165, 1.54) is 6.07 Å². The van der Waals surface area contributed by atoms with Gasteiger partial charge in [-0.2, -0.15) is 0 Å². The van der Waals surface area contributed by atoms with E-state index in [1.807, 2.05) is 0 Å². The minimum Gasteiger partial charge on any atom is -0.330 e. The standard InChI is InChI=1S/C11H12BrN5O2/c12-9-2-1-8(11(5-9)17(18)19)6-16-7-10(3-4-13)14-15-16/h1-2,5,7H,3-4,6,13H2. The van der Waals surface area contributed by atoms with Gasteiger partial charge in [0.1, 0.15) is 0 Å². The first-order chi connectivity index (χ1) is 9.10. The fraction of sp³-hybridized carbons (Fsp3) is 0.273. The van der Waals surface area contributed by atoms with Gasteiger partial charge in [-0.25, -0.2) is 4.68 Å². The second-order valence-electron chi connectivity index (χ2n) is 3.98. The van der Waals surface area contributed by atoms with Gasteiger partial charge in [0.05, 0.1) is 22.7 Å². The molecule has 0 aliphatic heterocycles. The zero-order valence-corrected chi connectivity index (χ0v) is 11.6. The van der Waals surface area contributed by atoms with E-state index in [2.05, 4.69) is 26.2 Å². The molecule has 0 unspecified atom stereocenters. The van der Waals surface area contributed by atoms with Crippen molar-refractivity contribution in [3.8, 4) is 0 Å². The van der Waals surface area contributed by atoms with Crippen LogP contribution in [-0.4, -0.2) is 26.5 Å². The zero-order chi connectivity index (χ0) is 13.8. The van der Waals surface area contributed by atoms with Crippen LogP contribution in [0.2, 0.25) is 0 Å². The third kappa shape index (κ3) is 3.36. The Balaban J connectivity index is 2.24. The summed E-state index contributed by atoms with van der Waals surface area (Å²) in [5.74, 6) is 0. The van der Waals surface area contributed by atoms with Crippen molar-refractivity contribution in [3.05, 3.63) is 50.2 Å². The summed E-state index contributed by atoms with van der Waals surface area (Å²) >= 11 is 3.22. The van der Waals surface area contributed by atoms with Crippen LogP contribution in [0.15, 0.2) is 28.9 Å². The molecule has 0 amide bonds. The molecule has 1 aromatic carbocycles.